The van der Waals surface area contributed by atoms with Gasteiger partial charge in [-0.15, -0.1) is 0 Å². The molecule has 1 aliphatic heterocycles. The number of hydrogen-bond acceptors (Lipinski definition) is 1. The molecule has 3 aromatic carbocycles. The molecule has 1 N–H and O–H groups in total. The number of aromatic nitrogens is 1. The van der Waals surface area contributed by atoms with Crippen molar-refractivity contribution in [3.63, 3.8) is 0 Å². The van der Waals surface area contributed by atoms with E-state index in [0.29, 0.717) is 0 Å². The van der Waals surface area contributed by atoms with Crippen molar-refractivity contribution in [3.05, 3.63) is 129 Å². The topological polar surface area (TPSA) is 28.1 Å². The standard InChI is InChI=1S/C33H33BN2/c1-21-16-23(3)32(24(4)17-21)34(33-25(5)18-22(2)19-26(33)6)28-11-7-10-27(20-28)31(29-12-8-14-35-29)30-13-9-15-36-30/h7-20,35H,1-6H3/b31-30-. The molecule has 36 heavy (non-hydrogen) atoms. The van der Waals surface area contributed by atoms with E-state index in [1.54, 1.807) is 0 Å². The van der Waals surface area contributed by atoms with Crippen molar-refractivity contribution in [3.8, 4) is 0 Å². The van der Waals surface area contributed by atoms with Crippen LogP contribution in [-0.2, 0) is 0 Å². The Morgan fingerprint density at radius 1 is 0.722 bits per heavy atom. The predicted octanol–water partition coefficient (Wildman–Crippen LogP) is 5.78. The van der Waals surface area contributed by atoms with Gasteiger partial charge in [0.1, 0.15) is 0 Å². The zero-order valence-electron chi connectivity index (χ0n) is 22.1. The van der Waals surface area contributed by atoms with E-state index in [0.717, 1.165) is 17.0 Å². The zero-order chi connectivity index (χ0) is 25.4. The van der Waals surface area contributed by atoms with Crippen LogP contribution in [0.3, 0.4) is 0 Å². The largest absolute Gasteiger partial charge is 0.361 e. The lowest BCUT2D eigenvalue weighted by molar-refractivity contribution is 1.32. The van der Waals surface area contributed by atoms with Crippen molar-refractivity contribution < 1.29 is 0 Å². The summed E-state index contributed by atoms with van der Waals surface area (Å²) >= 11 is 0. The fraction of sp³-hybridized carbons (Fsp3) is 0.182. The Hall–Kier alpha value is -3.85. The van der Waals surface area contributed by atoms with Crippen LogP contribution in [0.2, 0.25) is 0 Å². The summed E-state index contributed by atoms with van der Waals surface area (Å²) < 4.78 is 0. The van der Waals surface area contributed by atoms with Crippen molar-refractivity contribution in [2.24, 2.45) is 4.99 Å². The summed E-state index contributed by atoms with van der Waals surface area (Å²) in [5.41, 5.74) is 16.4. The van der Waals surface area contributed by atoms with E-state index < -0.39 is 0 Å². The van der Waals surface area contributed by atoms with Gasteiger partial charge in [-0.2, -0.15) is 0 Å². The molecule has 0 amide bonds. The monoisotopic (exact) mass is 468 g/mol. The average Bonchev–Trinajstić information content (AvgIpc) is 3.52. The minimum Gasteiger partial charge on any atom is -0.361 e. The normalized spacial score (nSPS) is 13.9. The Labute approximate surface area is 215 Å². The van der Waals surface area contributed by atoms with Crippen molar-refractivity contribution in [2.75, 3.05) is 0 Å². The Balaban J connectivity index is 1.78. The van der Waals surface area contributed by atoms with Gasteiger partial charge in [0, 0.05) is 23.7 Å². The van der Waals surface area contributed by atoms with E-state index in [1.165, 1.54) is 55.3 Å². The van der Waals surface area contributed by atoms with Crippen LogP contribution in [0.25, 0.3) is 5.57 Å². The highest BCUT2D eigenvalue weighted by Crippen LogP contribution is 2.28. The van der Waals surface area contributed by atoms with E-state index in [-0.39, 0.29) is 6.71 Å². The van der Waals surface area contributed by atoms with Gasteiger partial charge in [0.05, 0.1) is 5.70 Å². The molecule has 4 aromatic rings. The second-order valence-electron chi connectivity index (χ2n) is 10.2. The lowest BCUT2D eigenvalue weighted by atomic mass is 9.34. The van der Waals surface area contributed by atoms with Gasteiger partial charge in [0.25, 0.3) is 0 Å². The van der Waals surface area contributed by atoms with E-state index >= 15 is 0 Å². The van der Waals surface area contributed by atoms with Gasteiger partial charge in [-0.05, 0) is 71.4 Å². The summed E-state index contributed by atoms with van der Waals surface area (Å²) in [6, 6.07) is 22.5. The number of nitrogens with one attached hydrogen (secondary N) is 1. The Morgan fingerprint density at radius 3 is 1.83 bits per heavy atom. The third kappa shape index (κ3) is 4.42. The number of aliphatic imine (C=N–C) groups is 1. The van der Waals surface area contributed by atoms with Crippen LogP contribution < -0.4 is 16.4 Å². The minimum absolute atomic E-state index is 0.142. The molecule has 178 valence electrons. The smallest absolute Gasteiger partial charge is 0.242 e. The SMILES string of the molecule is Cc1cc(C)c(B(c2cccc(/C(=C3\C=CC=N3)c3ccc[nH]3)c2)c2c(C)cc(C)cc2C)c(C)c1. The molecule has 5 rings (SSSR count). The number of allylic oxidation sites excluding steroid dienone is 2. The van der Waals surface area contributed by atoms with Gasteiger partial charge < -0.3 is 4.98 Å². The fourth-order valence-corrected chi connectivity index (χ4v) is 6.02. The lowest BCUT2D eigenvalue weighted by Gasteiger charge is -2.25. The number of H-pyrrole nitrogens is 1. The van der Waals surface area contributed by atoms with Crippen molar-refractivity contribution in [2.45, 2.75) is 41.5 Å². The Bertz CT molecular complexity index is 1420. The number of rotatable bonds is 5. The Morgan fingerprint density at radius 2 is 1.33 bits per heavy atom. The molecule has 0 saturated heterocycles. The number of aryl methyl sites for hydroxylation is 6. The molecule has 1 aliphatic rings. The van der Waals surface area contributed by atoms with Crippen LogP contribution in [0.4, 0.5) is 0 Å². The van der Waals surface area contributed by atoms with Crippen molar-refractivity contribution >= 4 is 34.9 Å². The van der Waals surface area contributed by atoms with Gasteiger partial charge >= 0.3 is 0 Å². The third-order valence-corrected chi connectivity index (χ3v) is 7.24. The van der Waals surface area contributed by atoms with Gasteiger partial charge in [0.15, 0.2) is 0 Å². The molecule has 0 atom stereocenters. The summed E-state index contributed by atoms with van der Waals surface area (Å²) in [6.45, 7) is 13.6. The Kier molecular flexibility index (Phi) is 6.41. The van der Waals surface area contributed by atoms with E-state index in [2.05, 4.69) is 112 Å². The second-order valence-corrected chi connectivity index (χ2v) is 10.2. The third-order valence-electron chi connectivity index (χ3n) is 7.24. The summed E-state index contributed by atoms with van der Waals surface area (Å²) in [5, 5.41) is 0. The average molecular weight is 468 g/mol. The molecule has 2 heterocycles. The van der Waals surface area contributed by atoms with E-state index in [1.807, 2.05) is 24.6 Å². The number of nitrogens with zero attached hydrogens (tertiary/aromatic N) is 1. The van der Waals surface area contributed by atoms with Gasteiger partial charge in [-0.25, -0.2) is 0 Å². The molecule has 0 aliphatic carbocycles. The van der Waals surface area contributed by atoms with E-state index in [9.17, 15) is 0 Å². The van der Waals surface area contributed by atoms with Crippen molar-refractivity contribution in [1.82, 2.24) is 4.98 Å². The summed E-state index contributed by atoms with van der Waals surface area (Å²) in [4.78, 5) is 8.07. The molecule has 0 fully saturated rings. The quantitative estimate of drug-likeness (QED) is 0.360. The molecule has 1 aromatic heterocycles. The van der Waals surface area contributed by atoms with Crippen LogP contribution >= 0.6 is 0 Å². The molecule has 0 saturated carbocycles. The molecule has 0 unspecified atom stereocenters. The first-order chi connectivity index (χ1) is 17.3. The van der Waals surface area contributed by atoms with Crippen LogP contribution in [-0.4, -0.2) is 17.9 Å². The van der Waals surface area contributed by atoms with Gasteiger partial charge in [-0.3, -0.25) is 4.99 Å². The molecular weight excluding hydrogens is 435 g/mol. The maximum Gasteiger partial charge on any atom is 0.242 e. The second kappa shape index (κ2) is 9.66. The highest BCUT2D eigenvalue weighted by molar-refractivity contribution is 6.96. The fourth-order valence-electron chi connectivity index (χ4n) is 6.02. The predicted molar refractivity (Wildman–Crippen MR) is 157 cm³/mol. The minimum atomic E-state index is 0.142. The van der Waals surface area contributed by atoms with Gasteiger partial charge in [0.2, 0.25) is 6.71 Å². The molecule has 3 heteroatoms. The number of hydrogen-bond donors (Lipinski definition) is 1. The highest BCUT2D eigenvalue weighted by Gasteiger charge is 2.29. The summed E-state index contributed by atoms with van der Waals surface area (Å²) in [5.74, 6) is 0. The molecule has 2 nitrogen and oxygen atoms in total. The number of aromatic amines is 1. The van der Waals surface area contributed by atoms with Crippen LogP contribution in [0.15, 0.2) is 89.7 Å². The van der Waals surface area contributed by atoms with Crippen LogP contribution in [0.1, 0.15) is 44.6 Å². The zero-order valence-corrected chi connectivity index (χ0v) is 22.1. The van der Waals surface area contributed by atoms with E-state index in [4.69, 9.17) is 0 Å². The van der Waals surface area contributed by atoms with Crippen LogP contribution in [0.5, 0.6) is 0 Å². The summed E-state index contributed by atoms with van der Waals surface area (Å²) in [6.07, 6.45) is 7.93. The van der Waals surface area contributed by atoms with Crippen molar-refractivity contribution in [1.29, 1.82) is 0 Å². The van der Waals surface area contributed by atoms with Crippen LogP contribution in [0, 0.1) is 41.5 Å². The molecule has 0 spiro atoms. The molecule has 0 radical (unpaired) electrons. The lowest BCUT2D eigenvalue weighted by Crippen LogP contribution is -2.55. The molecular formula is C33H33BN2. The van der Waals surface area contributed by atoms with Gasteiger partial charge in [-0.1, -0.05) is 98.3 Å². The highest BCUT2D eigenvalue weighted by atomic mass is 14.8. The maximum absolute atomic E-state index is 4.66. The first kappa shape index (κ1) is 23.9. The number of benzene rings is 3. The molecule has 0 bridgehead atoms. The first-order valence-electron chi connectivity index (χ1n) is 12.7. The summed E-state index contributed by atoms with van der Waals surface area (Å²) in [7, 11) is 0. The maximum atomic E-state index is 4.66. The first-order valence-corrected chi connectivity index (χ1v) is 12.7.